The van der Waals surface area contributed by atoms with Crippen molar-refractivity contribution in [3.05, 3.63) is 107 Å². The van der Waals surface area contributed by atoms with Crippen LogP contribution < -0.4 is 4.90 Å². The monoisotopic (exact) mass is 463 g/mol. The highest BCUT2D eigenvalue weighted by atomic mass is 32.2. The van der Waals surface area contributed by atoms with Gasteiger partial charge in [-0.1, -0.05) is 48.5 Å². The summed E-state index contributed by atoms with van der Waals surface area (Å²) >= 11 is 0. The number of sulfone groups is 1. The van der Waals surface area contributed by atoms with E-state index in [1.165, 1.54) is 41.3 Å². The summed E-state index contributed by atoms with van der Waals surface area (Å²) in [6.45, 7) is 1.92. The summed E-state index contributed by atoms with van der Waals surface area (Å²) < 4.78 is 32.0. The number of amides is 1. The van der Waals surface area contributed by atoms with E-state index >= 15 is 0 Å². The molecule has 1 atom stereocenters. The van der Waals surface area contributed by atoms with Crippen LogP contribution in [0.1, 0.15) is 28.9 Å². The van der Waals surface area contributed by atoms with Gasteiger partial charge in [-0.25, -0.2) is 13.2 Å². The van der Waals surface area contributed by atoms with Gasteiger partial charge in [0.05, 0.1) is 17.1 Å². The van der Waals surface area contributed by atoms with Gasteiger partial charge in [-0.05, 0) is 48.9 Å². The lowest BCUT2D eigenvalue weighted by atomic mass is 10.1. The molecule has 0 aliphatic carbocycles. The van der Waals surface area contributed by atoms with Gasteiger partial charge < -0.3 is 9.84 Å². The number of hydrogen-bond acceptors (Lipinski definition) is 6. The minimum Gasteiger partial charge on any atom is -0.502 e. The lowest BCUT2D eigenvalue weighted by Gasteiger charge is -2.27. The molecule has 1 amide bonds. The number of aliphatic hydroxyl groups is 1. The van der Waals surface area contributed by atoms with Crippen molar-refractivity contribution in [2.45, 2.75) is 17.9 Å². The summed E-state index contributed by atoms with van der Waals surface area (Å²) in [5.41, 5.74) is 1.13. The Labute approximate surface area is 191 Å². The molecule has 1 aliphatic heterocycles. The molecule has 33 heavy (non-hydrogen) atoms. The Morgan fingerprint density at radius 3 is 2.09 bits per heavy atom. The first-order chi connectivity index (χ1) is 15.9. The Balaban J connectivity index is 1.84. The number of ether oxygens (including phenoxy) is 1. The molecule has 0 aromatic heterocycles. The van der Waals surface area contributed by atoms with E-state index in [1.54, 1.807) is 55.5 Å². The third kappa shape index (κ3) is 4.01. The fourth-order valence-corrected chi connectivity index (χ4v) is 5.41. The number of benzene rings is 3. The van der Waals surface area contributed by atoms with Crippen molar-refractivity contribution in [2.75, 3.05) is 11.5 Å². The smallest absolute Gasteiger partial charge is 0.338 e. The van der Waals surface area contributed by atoms with Crippen LogP contribution in [0.15, 0.2) is 100 Å². The zero-order valence-electron chi connectivity index (χ0n) is 17.7. The van der Waals surface area contributed by atoms with Gasteiger partial charge in [0.15, 0.2) is 5.76 Å². The van der Waals surface area contributed by atoms with Gasteiger partial charge in [-0.15, -0.1) is 0 Å². The Kier molecular flexibility index (Phi) is 6.02. The van der Waals surface area contributed by atoms with Crippen molar-refractivity contribution < 1.29 is 27.9 Å². The molecule has 1 aliphatic rings. The van der Waals surface area contributed by atoms with E-state index in [0.29, 0.717) is 11.3 Å². The number of esters is 1. The summed E-state index contributed by atoms with van der Waals surface area (Å²) in [5.74, 6) is -2.19. The number of carbonyl (C=O) groups excluding carboxylic acids is 2. The van der Waals surface area contributed by atoms with Gasteiger partial charge in [-0.3, -0.25) is 9.69 Å². The number of carbonyl (C=O) groups is 2. The van der Waals surface area contributed by atoms with Gasteiger partial charge in [0, 0.05) is 5.69 Å². The maximum atomic E-state index is 13.5. The molecule has 0 spiro atoms. The quantitative estimate of drug-likeness (QED) is 0.550. The molecule has 3 aromatic carbocycles. The van der Waals surface area contributed by atoms with Crippen LogP contribution in [0.4, 0.5) is 5.69 Å². The second-order valence-electron chi connectivity index (χ2n) is 7.29. The lowest BCUT2D eigenvalue weighted by Crippen LogP contribution is -2.31. The second-order valence-corrected chi connectivity index (χ2v) is 9.20. The minimum absolute atomic E-state index is 0.0280. The molecular formula is C25H21NO6S. The predicted molar refractivity (Wildman–Crippen MR) is 122 cm³/mol. The summed E-state index contributed by atoms with van der Waals surface area (Å²) in [5, 5.41) is 10.8. The van der Waals surface area contributed by atoms with Crippen molar-refractivity contribution in [3.63, 3.8) is 0 Å². The van der Waals surface area contributed by atoms with Gasteiger partial charge in [0.25, 0.3) is 5.91 Å². The van der Waals surface area contributed by atoms with Gasteiger partial charge in [0.1, 0.15) is 10.9 Å². The summed E-state index contributed by atoms with van der Waals surface area (Å²) in [6, 6.07) is 21.2. The van der Waals surface area contributed by atoms with Crippen molar-refractivity contribution in [3.8, 4) is 0 Å². The number of nitrogens with zero attached hydrogens (tertiary/aromatic N) is 1. The normalized spacial score (nSPS) is 16.2. The van der Waals surface area contributed by atoms with Crippen LogP contribution in [0.2, 0.25) is 0 Å². The van der Waals surface area contributed by atoms with E-state index in [4.69, 9.17) is 4.74 Å². The molecule has 0 radical (unpaired) electrons. The molecule has 0 unspecified atom stereocenters. The molecule has 168 valence electrons. The summed E-state index contributed by atoms with van der Waals surface area (Å²) in [7, 11) is -4.19. The maximum Gasteiger partial charge on any atom is 0.338 e. The first-order valence-corrected chi connectivity index (χ1v) is 11.7. The van der Waals surface area contributed by atoms with Crippen LogP contribution in [0.5, 0.6) is 0 Å². The van der Waals surface area contributed by atoms with E-state index in [-0.39, 0.29) is 22.0 Å². The van der Waals surface area contributed by atoms with Crippen LogP contribution in [0, 0.1) is 0 Å². The average molecular weight is 464 g/mol. The van der Waals surface area contributed by atoms with Crippen LogP contribution in [0.3, 0.4) is 0 Å². The summed E-state index contributed by atoms with van der Waals surface area (Å²) in [6.07, 6.45) is 0. The molecule has 0 saturated heterocycles. The number of rotatable bonds is 6. The highest BCUT2D eigenvalue weighted by Gasteiger charge is 2.47. The SMILES string of the molecule is CCOC(=O)c1ccc(N2C(=O)C(O)=C(S(=O)(=O)c3ccccc3)[C@@H]2c2ccccc2)cc1. The van der Waals surface area contributed by atoms with Crippen LogP contribution in [-0.4, -0.2) is 32.0 Å². The molecule has 1 heterocycles. The average Bonchev–Trinajstić information content (AvgIpc) is 3.11. The lowest BCUT2D eigenvalue weighted by molar-refractivity contribution is -0.117. The van der Waals surface area contributed by atoms with Crippen LogP contribution in [-0.2, 0) is 19.4 Å². The number of anilines is 1. The predicted octanol–water partition coefficient (Wildman–Crippen LogP) is 4.19. The zero-order chi connectivity index (χ0) is 23.6. The van der Waals surface area contributed by atoms with Crippen molar-refractivity contribution in [1.29, 1.82) is 0 Å². The Hall–Kier alpha value is -3.91. The largest absolute Gasteiger partial charge is 0.502 e. The fourth-order valence-electron chi connectivity index (χ4n) is 3.76. The summed E-state index contributed by atoms with van der Waals surface area (Å²) in [4.78, 5) is 26.0. The van der Waals surface area contributed by atoms with Gasteiger partial charge in [-0.2, -0.15) is 0 Å². The molecule has 0 saturated carbocycles. The molecule has 7 nitrogen and oxygen atoms in total. The van der Waals surface area contributed by atoms with Crippen LogP contribution in [0.25, 0.3) is 0 Å². The second kappa shape index (κ2) is 8.91. The first-order valence-electron chi connectivity index (χ1n) is 10.2. The standard InChI is InChI=1S/C25H21NO6S/c1-2-32-25(29)18-13-15-19(16-14-18)26-21(17-9-5-3-6-10-17)23(22(27)24(26)28)33(30,31)20-11-7-4-8-12-20/h3-16,21,27H,2H2,1H3/t21-/m0/s1. The van der Waals surface area contributed by atoms with E-state index in [2.05, 4.69) is 0 Å². The minimum atomic E-state index is -4.19. The zero-order valence-corrected chi connectivity index (χ0v) is 18.5. The van der Waals surface area contributed by atoms with Crippen molar-refractivity contribution in [2.24, 2.45) is 0 Å². The number of aliphatic hydroxyl groups excluding tert-OH is 1. The van der Waals surface area contributed by atoms with Crippen molar-refractivity contribution in [1.82, 2.24) is 0 Å². The Morgan fingerprint density at radius 2 is 1.52 bits per heavy atom. The Morgan fingerprint density at radius 1 is 0.939 bits per heavy atom. The maximum absolute atomic E-state index is 13.5. The van der Waals surface area contributed by atoms with E-state index < -0.39 is 33.5 Å². The first kappa shape index (κ1) is 22.3. The van der Waals surface area contributed by atoms with Gasteiger partial charge in [0.2, 0.25) is 9.84 Å². The fraction of sp³-hybridized carbons (Fsp3) is 0.120. The van der Waals surface area contributed by atoms with Crippen LogP contribution >= 0.6 is 0 Å². The molecule has 4 rings (SSSR count). The highest BCUT2D eigenvalue weighted by Crippen LogP contribution is 2.44. The molecule has 0 fully saturated rings. The van der Waals surface area contributed by atoms with E-state index in [1.807, 2.05) is 0 Å². The van der Waals surface area contributed by atoms with Crippen molar-refractivity contribution >= 4 is 27.4 Å². The molecule has 8 heteroatoms. The molecule has 3 aromatic rings. The molecule has 0 bridgehead atoms. The Bertz CT molecular complexity index is 1320. The third-order valence-electron chi connectivity index (χ3n) is 5.28. The van der Waals surface area contributed by atoms with E-state index in [9.17, 15) is 23.1 Å². The highest BCUT2D eigenvalue weighted by molar-refractivity contribution is 7.95. The third-order valence-corrected chi connectivity index (χ3v) is 7.16. The number of hydrogen-bond donors (Lipinski definition) is 1. The molecular weight excluding hydrogens is 442 g/mol. The topological polar surface area (TPSA) is 101 Å². The molecule has 1 N–H and O–H groups in total. The van der Waals surface area contributed by atoms with Gasteiger partial charge >= 0.3 is 5.97 Å². The van der Waals surface area contributed by atoms with E-state index in [0.717, 1.165) is 0 Å².